The maximum Gasteiger partial charge on any atom is 0.160 e. The lowest BCUT2D eigenvalue weighted by Crippen LogP contribution is -2.38. The van der Waals surface area contributed by atoms with Crippen LogP contribution in [0.25, 0.3) is 0 Å². The van der Waals surface area contributed by atoms with Gasteiger partial charge < -0.3 is 9.47 Å². The summed E-state index contributed by atoms with van der Waals surface area (Å²) in [6.07, 6.45) is 8.97. The molecule has 0 aromatic heterocycles. The van der Waals surface area contributed by atoms with Crippen LogP contribution < -0.4 is 0 Å². The Morgan fingerprint density at radius 2 is 1.71 bits per heavy atom. The number of rotatable bonds is 4. The van der Waals surface area contributed by atoms with Gasteiger partial charge in [0.1, 0.15) is 0 Å². The van der Waals surface area contributed by atoms with E-state index in [2.05, 4.69) is 22.9 Å². The van der Waals surface area contributed by atoms with Gasteiger partial charge in [0.05, 0.1) is 13.2 Å². The average Bonchev–Trinajstić information content (AvgIpc) is 2.38. The molecule has 1 saturated carbocycles. The van der Waals surface area contributed by atoms with Crippen LogP contribution in [0.1, 0.15) is 51.9 Å². The van der Waals surface area contributed by atoms with Crippen molar-refractivity contribution in [2.45, 2.75) is 63.0 Å². The zero-order valence-electron chi connectivity index (χ0n) is 10.9. The highest BCUT2D eigenvalue weighted by atomic mass is 79.9. The van der Waals surface area contributed by atoms with E-state index in [1.54, 1.807) is 0 Å². The smallest absolute Gasteiger partial charge is 0.160 e. The largest absolute Gasteiger partial charge is 0.352 e. The fourth-order valence-corrected chi connectivity index (χ4v) is 3.37. The maximum absolute atomic E-state index is 5.92. The maximum atomic E-state index is 5.92. The quantitative estimate of drug-likeness (QED) is 0.727. The van der Waals surface area contributed by atoms with E-state index in [4.69, 9.17) is 9.47 Å². The second-order valence-corrected chi connectivity index (χ2v) is 6.85. The molecule has 2 nitrogen and oxygen atoms in total. The van der Waals surface area contributed by atoms with E-state index in [0.717, 1.165) is 18.0 Å². The van der Waals surface area contributed by atoms with E-state index in [9.17, 15) is 0 Å². The van der Waals surface area contributed by atoms with Gasteiger partial charge in [-0.25, -0.2) is 0 Å². The zero-order valence-corrected chi connectivity index (χ0v) is 12.5. The second-order valence-electron chi connectivity index (χ2n) is 5.56. The Kier molecular flexibility index (Phi) is 5.78. The molecule has 0 amide bonds. The van der Waals surface area contributed by atoms with Crippen molar-refractivity contribution in [2.24, 2.45) is 11.8 Å². The molecule has 0 aromatic carbocycles. The Morgan fingerprint density at radius 1 is 1.06 bits per heavy atom. The van der Waals surface area contributed by atoms with Crippen LogP contribution in [0.15, 0.2) is 0 Å². The summed E-state index contributed by atoms with van der Waals surface area (Å²) >= 11 is 3.70. The molecule has 1 aliphatic carbocycles. The summed E-state index contributed by atoms with van der Waals surface area (Å²) in [5.74, 6) is 1.27. The van der Waals surface area contributed by atoms with Crippen molar-refractivity contribution < 1.29 is 9.47 Å². The topological polar surface area (TPSA) is 18.5 Å². The van der Waals surface area contributed by atoms with Crippen molar-refractivity contribution in [1.82, 2.24) is 0 Å². The van der Waals surface area contributed by atoms with Crippen molar-refractivity contribution >= 4 is 15.9 Å². The molecule has 2 aliphatic rings. The molecule has 17 heavy (non-hydrogen) atoms. The molecule has 0 unspecified atom stereocenters. The molecule has 2 fully saturated rings. The molecule has 3 heteroatoms. The Balaban J connectivity index is 1.68. The average molecular weight is 305 g/mol. The molecule has 0 spiro atoms. The Hall–Kier alpha value is 0.400. The van der Waals surface area contributed by atoms with Gasteiger partial charge in [0.15, 0.2) is 6.29 Å². The van der Waals surface area contributed by atoms with Gasteiger partial charge in [-0.15, -0.1) is 0 Å². The molecule has 0 atom stereocenters. The fraction of sp³-hybridized carbons (Fsp3) is 1.00. The van der Waals surface area contributed by atoms with Crippen LogP contribution in [0.2, 0.25) is 0 Å². The molecule has 2 rings (SSSR count). The molecular weight excluding hydrogens is 280 g/mol. The van der Waals surface area contributed by atoms with Crippen LogP contribution in [0.3, 0.4) is 0 Å². The Bertz CT molecular complexity index is 206. The van der Waals surface area contributed by atoms with E-state index < -0.39 is 0 Å². The van der Waals surface area contributed by atoms with Gasteiger partial charge in [-0.2, -0.15) is 0 Å². The highest BCUT2D eigenvalue weighted by Crippen LogP contribution is 2.34. The summed E-state index contributed by atoms with van der Waals surface area (Å²) in [6, 6.07) is 0. The lowest BCUT2D eigenvalue weighted by atomic mass is 9.88. The van der Waals surface area contributed by atoms with E-state index in [0.29, 0.717) is 11.8 Å². The van der Waals surface area contributed by atoms with Gasteiger partial charge in [0, 0.05) is 16.7 Å². The van der Waals surface area contributed by atoms with Crippen LogP contribution in [0.4, 0.5) is 0 Å². The van der Waals surface area contributed by atoms with Gasteiger partial charge in [0.25, 0.3) is 0 Å². The zero-order chi connectivity index (χ0) is 12.1. The molecule has 0 radical (unpaired) electrons. The van der Waals surface area contributed by atoms with Gasteiger partial charge in [0.2, 0.25) is 0 Å². The molecule has 1 saturated heterocycles. The van der Waals surface area contributed by atoms with E-state index in [-0.39, 0.29) is 6.29 Å². The van der Waals surface area contributed by atoms with Crippen molar-refractivity contribution in [3.05, 3.63) is 0 Å². The lowest BCUT2D eigenvalue weighted by molar-refractivity contribution is -0.228. The summed E-state index contributed by atoms with van der Waals surface area (Å²) in [5, 5.41) is 0. The van der Waals surface area contributed by atoms with Gasteiger partial charge in [-0.3, -0.25) is 0 Å². The number of unbranched alkanes of at least 4 members (excludes halogenated alkanes) is 1. The third kappa shape index (κ3) is 4.22. The van der Waals surface area contributed by atoms with Gasteiger partial charge >= 0.3 is 0 Å². The van der Waals surface area contributed by atoms with E-state index in [1.807, 2.05) is 0 Å². The van der Waals surface area contributed by atoms with Crippen LogP contribution in [-0.4, -0.2) is 24.3 Å². The van der Waals surface area contributed by atoms with Crippen LogP contribution in [-0.2, 0) is 9.47 Å². The summed E-state index contributed by atoms with van der Waals surface area (Å²) < 4.78 is 11.8. The highest BCUT2D eigenvalue weighted by molar-refractivity contribution is 9.09. The summed E-state index contributed by atoms with van der Waals surface area (Å²) in [7, 11) is 0. The van der Waals surface area contributed by atoms with Crippen molar-refractivity contribution in [1.29, 1.82) is 0 Å². The first-order valence-electron chi connectivity index (χ1n) is 7.17. The van der Waals surface area contributed by atoms with Crippen LogP contribution in [0.5, 0.6) is 0 Å². The van der Waals surface area contributed by atoms with E-state index in [1.165, 1.54) is 44.9 Å². The number of hydrogen-bond acceptors (Lipinski definition) is 2. The summed E-state index contributed by atoms with van der Waals surface area (Å²) in [4.78, 5) is 0.722. The minimum absolute atomic E-state index is 0.0906. The van der Waals surface area contributed by atoms with Crippen molar-refractivity contribution in [3.8, 4) is 0 Å². The highest BCUT2D eigenvalue weighted by Gasteiger charge is 2.31. The fourth-order valence-electron chi connectivity index (χ4n) is 2.84. The minimum Gasteiger partial charge on any atom is -0.352 e. The first kappa shape index (κ1) is 13.8. The first-order chi connectivity index (χ1) is 8.29. The summed E-state index contributed by atoms with van der Waals surface area (Å²) in [5.41, 5.74) is 0. The normalized spacial score (nSPS) is 39.2. The molecule has 0 bridgehead atoms. The van der Waals surface area contributed by atoms with Gasteiger partial charge in [-0.1, -0.05) is 35.7 Å². The summed E-state index contributed by atoms with van der Waals surface area (Å²) in [6.45, 7) is 4.07. The lowest BCUT2D eigenvalue weighted by Gasteiger charge is -2.36. The van der Waals surface area contributed by atoms with E-state index >= 15 is 0 Å². The number of hydrogen-bond donors (Lipinski definition) is 0. The minimum atomic E-state index is 0.0906. The molecule has 0 aromatic rings. The second kappa shape index (κ2) is 7.10. The van der Waals surface area contributed by atoms with Crippen LogP contribution >= 0.6 is 15.9 Å². The monoisotopic (exact) mass is 304 g/mol. The SMILES string of the molecule is CCCCC1COC(C2CCC(Br)CC2)OC1. The van der Waals surface area contributed by atoms with Crippen LogP contribution in [0, 0.1) is 11.8 Å². The van der Waals surface area contributed by atoms with Crippen molar-refractivity contribution in [3.63, 3.8) is 0 Å². The predicted octanol–water partition coefficient (Wildman–Crippen LogP) is 4.12. The molecular formula is C14H25BrO2. The van der Waals surface area contributed by atoms with Crippen molar-refractivity contribution in [2.75, 3.05) is 13.2 Å². The predicted molar refractivity (Wildman–Crippen MR) is 73.4 cm³/mol. The molecule has 100 valence electrons. The van der Waals surface area contributed by atoms with Gasteiger partial charge in [-0.05, 0) is 32.1 Å². The molecule has 0 N–H and O–H groups in total. The third-order valence-electron chi connectivity index (χ3n) is 4.04. The number of alkyl halides is 1. The first-order valence-corrected chi connectivity index (χ1v) is 8.08. The molecule has 1 heterocycles. The number of ether oxygens (including phenoxy) is 2. The Morgan fingerprint density at radius 3 is 2.29 bits per heavy atom. The Labute approximate surface area is 114 Å². The standard InChI is InChI=1S/C14H25BrO2/c1-2-3-4-11-9-16-14(17-10-11)12-5-7-13(15)8-6-12/h11-14H,2-10H2,1H3. The number of halogens is 1. The molecule has 1 aliphatic heterocycles. The third-order valence-corrected chi connectivity index (χ3v) is 4.96.